The van der Waals surface area contributed by atoms with Crippen LogP contribution in [0, 0.1) is 5.92 Å². The first-order valence-corrected chi connectivity index (χ1v) is 6.83. The number of nitrogens with one attached hydrogen (secondary N) is 1. The first-order chi connectivity index (χ1) is 7.65. The van der Waals surface area contributed by atoms with Crippen LogP contribution in [0.1, 0.15) is 45.3 Å². The highest BCUT2D eigenvalue weighted by Gasteiger charge is 2.22. The Bertz CT molecular complexity index is 322. The third-order valence-corrected chi connectivity index (χ3v) is 3.70. The van der Waals surface area contributed by atoms with Crippen LogP contribution in [-0.2, 0) is 6.54 Å². The molecule has 2 unspecified atom stereocenters. The maximum Gasteiger partial charge on any atom is 0.0698 e. The molecule has 0 saturated heterocycles. The Morgan fingerprint density at radius 1 is 1.50 bits per heavy atom. The molecule has 16 heavy (non-hydrogen) atoms. The van der Waals surface area contributed by atoms with Gasteiger partial charge in [0.1, 0.15) is 0 Å². The van der Waals surface area contributed by atoms with Gasteiger partial charge in [-0.1, -0.05) is 27.2 Å². The SMILES string of the molecule is CCCn1ncc(Br)c1C(NC)C(C)CC. The van der Waals surface area contributed by atoms with E-state index in [0.717, 1.165) is 23.9 Å². The maximum absolute atomic E-state index is 4.42. The van der Waals surface area contributed by atoms with Crippen LogP contribution in [0.25, 0.3) is 0 Å². The summed E-state index contributed by atoms with van der Waals surface area (Å²) in [6, 6.07) is 0.369. The average Bonchev–Trinajstić information content (AvgIpc) is 2.63. The summed E-state index contributed by atoms with van der Waals surface area (Å²) in [6.07, 6.45) is 4.17. The standard InChI is InChI=1S/C12H22BrN3/c1-5-7-16-12(10(13)8-15-16)11(14-4)9(3)6-2/h8-9,11,14H,5-7H2,1-4H3. The quantitative estimate of drug-likeness (QED) is 0.870. The normalized spacial score (nSPS) is 15.1. The molecule has 0 aliphatic carbocycles. The van der Waals surface area contributed by atoms with Crippen molar-refractivity contribution in [3.8, 4) is 0 Å². The molecule has 0 radical (unpaired) electrons. The number of aromatic nitrogens is 2. The molecule has 1 aromatic heterocycles. The summed E-state index contributed by atoms with van der Waals surface area (Å²) in [5.41, 5.74) is 1.28. The molecule has 0 bridgehead atoms. The van der Waals surface area contributed by atoms with E-state index in [2.05, 4.69) is 51.8 Å². The van der Waals surface area contributed by atoms with E-state index in [1.54, 1.807) is 0 Å². The summed E-state index contributed by atoms with van der Waals surface area (Å²) in [5, 5.41) is 7.82. The minimum absolute atomic E-state index is 0.369. The van der Waals surface area contributed by atoms with Crippen LogP contribution in [0.15, 0.2) is 10.7 Å². The Labute approximate surface area is 107 Å². The number of rotatable bonds is 6. The van der Waals surface area contributed by atoms with Crippen LogP contribution in [0.5, 0.6) is 0 Å². The van der Waals surface area contributed by atoms with Crippen molar-refractivity contribution in [2.24, 2.45) is 5.92 Å². The van der Waals surface area contributed by atoms with Gasteiger partial charge in [0, 0.05) is 6.54 Å². The van der Waals surface area contributed by atoms with Crippen molar-refractivity contribution in [1.82, 2.24) is 15.1 Å². The fourth-order valence-electron chi connectivity index (χ4n) is 2.00. The second-order valence-electron chi connectivity index (χ2n) is 4.25. The van der Waals surface area contributed by atoms with Gasteiger partial charge in [-0.3, -0.25) is 4.68 Å². The van der Waals surface area contributed by atoms with Crippen molar-refractivity contribution in [3.63, 3.8) is 0 Å². The Hall–Kier alpha value is -0.350. The van der Waals surface area contributed by atoms with Gasteiger partial charge in [-0.15, -0.1) is 0 Å². The summed E-state index contributed by atoms with van der Waals surface area (Å²) in [7, 11) is 2.02. The van der Waals surface area contributed by atoms with Gasteiger partial charge < -0.3 is 5.32 Å². The van der Waals surface area contributed by atoms with E-state index in [1.807, 2.05) is 13.2 Å². The number of nitrogens with zero attached hydrogens (tertiary/aromatic N) is 2. The second-order valence-corrected chi connectivity index (χ2v) is 5.11. The molecule has 0 aromatic carbocycles. The summed E-state index contributed by atoms with van der Waals surface area (Å²) in [6.45, 7) is 7.66. The van der Waals surface area contributed by atoms with Crippen LogP contribution in [0.3, 0.4) is 0 Å². The molecule has 1 N–H and O–H groups in total. The first-order valence-electron chi connectivity index (χ1n) is 6.04. The largest absolute Gasteiger partial charge is 0.311 e. The van der Waals surface area contributed by atoms with Gasteiger partial charge in [0.2, 0.25) is 0 Å². The second kappa shape index (κ2) is 6.40. The van der Waals surface area contributed by atoms with Crippen LogP contribution in [0.2, 0.25) is 0 Å². The van der Waals surface area contributed by atoms with Gasteiger partial charge in [-0.25, -0.2) is 0 Å². The zero-order chi connectivity index (χ0) is 12.1. The van der Waals surface area contributed by atoms with Crippen LogP contribution in [-0.4, -0.2) is 16.8 Å². The third kappa shape index (κ3) is 2.86. The number of hydrogen-bond donors (Lipinski definition) is 1. The van der Waals surface area contributed by atoms with Crippen molar-refractivity contribution in [2.75, 3.05) is 7.05 Å². The van der Waals surface area contributed by atoms with E-state index < -0.39 is 0 Å². The van der Waals surface area contributed by atoms with E-state index in [1.165, 1.54) is 5.69 Å². The predicted octanol–water partition coefficient (Wildman–Crippen LogP) is 3.36. The topological polar surface area (TPSA) is 29.9 Å². The fraction of sp³-hybridized carbons (Fsp3) is 0.750. The zero-order valence-corrected chi connectivity index (χ0v) is 12.2. The highest BCUT2D eigenvalue weighted by Crippen LogP contribution is 2.30. The smallest absolute Gasteiger partial charge is 0.0698 e. The van der Waals surface area contributed by atoms with E-state index in [-0.39, 0.29) is 0 Å². The average molecular weight is 288 g/mol. The van der Waals surface area contributed by atoms with Gasteiger partial charge in [-0.2, -0.15) is 5.10 Å². The number of halogens is 1. The maximum atomic E-state index is 4.42. The van der Waals surface area contributed by atoms with Crippen molar-refractivity contribution in [3.05, 3.63) is 16.4 Å². The molecule has 0 fully saturated rings. The van der Waals surface area contributed by atoms with Crippen molar-refractivity contribution in [2.45, 2.75) is 46.2 Å². The van der Waals surface area contributed by atoms with Gasteiger partial charge in [0.25, 0.3) is 0 Å². The molecular weight excluding hydrogens is 266 g/mol. The molecule has 2 atom stereocenters. The van der Waals surface area contributed by atoms with E-state index in [9.17, 15) is 0 Å². The Balaban J connectivity index is 3.02. The Kier molecular flexibility index (Phi) is 5.49. The summed E-state index contributed by atoms with van der Waals surface area (Å²) < 4.78 is 3.22. The van der Waals surface area contributed by atoms with Crippen LogP contribution < -0.4 is 5.32 Å². The molecule has 4 heteroatoms. The van der Waals surface area contributed by atoms with Crippen molar-refractivity contribution < 1.29 is 0 Å². The highest BCUT2D eigenvalue weighted by molar-refractivity contribution is 9.10. The lowest BCUT2D eigenvalue weighted by Crippen LogP contribution is -2.26. The van der Waals surface area contributed by atoms with Gasteiger partial charge in [-0.05, 0) is 35.3 Å². The lowest BCUT2D eigenvalue weighted by atomic mass is 9.96. The van der Waals surface area contributed by atoms with E-state index in [4.69, 9.17) is 0 Å². The molecule has 0 aliphatic heterocycles. The molecular formula is C12H22BrN3. The Morgan fingerprint density at radius 2 is 2.19 bits per heavy atom. The fourth-order valence-corrected chi connectivity index (χ4v) is 2.54. The van der Waals surface area contributed by atoms with Gasteiger partial charge >= 0.3 is 0 Å². The predicted molar refractivity (Wildman–Crippen MR) is 71.5 cm³/mol. The minimum atomic E-state index is 0.369. The van der Waals surface area contributed by atoms with Gasteiger partial charge in [0.05, 0.1) is 22.4 Å². The van der Waals surface area contributed by atoms with Crippen LogP contribution >= 0.6 is 15.9 Å². The summed E-state index contributed by atoms with van der Waals surface area (Å²) >= 11 is 3.60. The van der Waals surface area contributed by atoms with Crippen LogP contribution in [0.4, 0.5) is 0 Å². The highest BCUT2D eigenvalue weighted by atomic mass is 79.9. The van der Waals surface area contributed by atoms with Gasteiger partial charge in [0.15, 0.2) is 0 Å². The monoisotopic (exact) mass is 287 g/mol. The van der Waals surface area contributed by atoms with Crippen molar-refractivity contribution >= 4 is 15.9 Å². The Morgan fingerprint density at radius 3 is 2.69 bits per heavy atom. The van der Waals surface area contributed by atoms with Crippen molar-refractivity contribution in [1.29, 1.82) is 0 Å². The molecule has 1 rings (SSSR count). The lowest BCUT2D eigenvalue weighted by molar-refractivity contribution is 0.370. The number of hydrogen-bond acceptors (Lipinski definition) is 2. The summed E-state index contributed by atoms with van der Waals surface area (Å²) in [5.74, 6) is 0.605. The zero-order valence-electron chi connectivity index (χ0n) is 10.6. The molecule has 0 saturated carbocycles. The molecule has 3 nitrogen and oxygen atoms in total. The van der Waals surface area contributed by atoms with E-state index >= 15 is 0 Å². The molecule has 0 aliphatic rings. The summed E-state index contributed by atoms with van der Waals surface area (Å²) in [4.78, 5) is 0. The first kappa shape index (κ1) is 13.7. The molecule has 1 aromatic rings. The third-order valence-electron chi connectivity index (χ3n) is 3.09. The molecule has 0 spiro atoms. The molecule has 92 valence electrons. The number of aryl methyl sites for hydroxylation is 1. The minimum Gasteiger partial charge on any atom is -0.311 e. The molecule has 1 heterocycles. The molecule has 0 amide bonds. The lowest BCUT2D eigenvalue weighted by Gasteiger charge is -2.24. The van der Waals surface area contributed by atoms with E-state index in [0.29, 0.717) is 12.0 Å².